The van der Waals surface area contributed by atoms with Crippen LogP contribution in [0.1, 0.15) is 50.3 Å². The van der Waals surface area contributed by atoms with Crippen molar-refractivity contribution in [3.8, 4) is 11.1 Å². The number of anilines is 1. The van der Waals surface area contributed by atoms with E-state index in [1.165, 1.54) is 46.3 Å². The lowest BCUT2D eigenvalue weighted by atomic mass is 9.75. The highest BCUT2D eigenvalue weighted by atomic mass is 15.1. The van der Waals surface area contributed by atoms with E-state index in [1.807, 2.05) is 0 Å². The molecule has 2 aromatic rings. The highest BCUT2D eigenvalue weighted by Gasteiger charge is 2.24. The Morgan fingerprint density at radius 2 is 1.35 bits per heavy atom. The molecule has 0 radical (unpaired) electrons. The first-order valence-electron chi connectivity index (χ1n) is 8.72. The van der Waals surface area contributed by atoms with Crippen molar-refractivity contribution in [3.63, 3.8) is 0 Å². The first-order valence-corrected chi connectivity index (χ1v) is 8.72. The SMILES string of the molecule is CCC(C)(CC)c1ccc(-c2ccc(N(C)C)c(C)c2)cc1C. The van der Waals surface area contributed by atoms with Gasteiger partial charge in [0.05, 0.1) is 0 Å². The van der Waals surface area contributed by atoms with Crippen molar-refractivity contribution in [1.29, 1.82) is 0 Å². The molecule has 2 aromatic carbocycles. The summed E-state index contributed by atoms with van der Waals surface area (Å²) in [7, 11) is 4.19. The summed E-state index contributed by atoms with van der Waals surface area (Å²) in [5, 5.41) is 0. The summed E-state index contributed by atoms with van der Waals surface area (Å²) < 4.78 is 0. The van der Waals surface area contributed by atoms with Crippen LogP contribution in [-0.4, -0.2) is 14.1 Å². The van der Waals surface area contributed by atoms with Crippen LogP contribution in [-0.2, 0) is 5.41 Å². The lowest BCUT2D eigenvalue weighted by Crippen LogP contribution is -2.20. The monoisotopic (exact) mass is 309 g/mol. The van der Waals surface area contributed by atoms with Gasteiger partial charge in [0.2, 0.25) is 0 Å². The lowest BCUT2D eigenvalue weighted by Gasteiger charge is -2.29. The van der Waals surface area contributed by atoms with Crippen molar-refractivity contribution in [3.05, 3.63) is 53.1 Å². The maximum atomic E-state index is 2.38. The third-order valence-corrected chi connectivity index (χ3v) is 5.45. The van der Waals surface area contributed by atoms with Gasteiger partial charge in [0.25, 0.3) is 0 Å². The van der Waals surface area contributed by atoms with Gasteiger partial charge in [0, 0.05) is 19.8 Å². The van der Waals surface area contributed by atoms with Crippen molar-refractivity contribution < 1.29 is 0 Å². The van der Waals surface area contributed by atoms with Crippen LogP contribution in [0.2, 0.25) is 0 Å². The van der Waals surface area contributed by atoms with Crippen molar-refractivity contribution in [1.82, 2.24) is 0 Å². The molecular weight excluding hydrogens is 278 g/mol. The molecule has 1 nitrogen and oxygen atoms in total. The maximum Gasteiger partial charge on any atom is 0.0391 e. The number of hydrogen-bond donors (Lipinski definition) is 0. The van der Waals surface area contributed by atoms with E-state index in [2.05, 4.69) is 90.0 Å². The van der Waals surface area contributed by atoms with E-state index < -0.39 is 0 Å². The first kappa shape index (κ1) is 17.6. The Labute approximate surface area is 142 Å². The second kappa shape index (κ2) is 6.78. The van der Waals surface area contributed by atoms with Crippen LogP contribution in [0.4, 0.5) is 5.69 Å². The predicted molar refractivity (Wildman–Crippen MR) is 104 cm³/mol. The van der Waals surface area contributed by atoms with Crippen LogP contribution in [0.3, 0.4) is 0 Å². The van der Waals surface area contributed by atoms with Gasteiger partial charge in [-0.05, 0) is 72.1 Å². The molecule has 0 aliphatic carbocycles. The van der Waals surface area contributed by atoms with Crippen molar-refractivity contribution in [2.45, 2.75) is 52.9 Å². The van der Waals surface area contributed by atoms with Gasteiger partial charge in [-0.3, -0.25) is 0 Å². The quantitative estimate of drug-likeness (QED) is 0.643. The molecule has 0 N–H and O–H groups in total. The summed E-state index contributed by atoms with van der Waals surface area (Å²) >= 11 is 0. The first-order chi connectivity index (χ1) is 10.8. The molecule has 0 atom stereocenters. The zero-order chi connectivity index (χ0) is 17.2. The van der Waals surface area contributed by atoms with Crippen LogP contribution in [0.15, 0.2) is 36.4 Å². The molecule has 0 bridgehead atoms. The fraction of sp³-hybridized carbons (Fsp3) is 0.455. The van der Waals surface area contributed by atoms with E-state index in [-0.39, 0.29) is 5.41 Å². The summed E-state index contributed by atoms with van der Waals surface area (Å²) in [6, 6.07) is 13.7. The minimum Gasteiger partial charge on any atom is -0.377 e. The van der Waals surface area contributed by atoms with Crippen LogP contribution in [0.5, 0.6) is 0 Å². The van der Waals surface area contributed by atoms with Gasteiger partial charge in [0.15, 0.2) is 0 Å². The van der Waals surface area contributed by atoms with Crippen molar-refractivity contribution in [2.75, 3.05) is 19.0 Å². The molecule has 0 fully saturated rings. The van der Waals surface area contributed by atoms with E-state index in [0.717, 1.165) is 0 Å². The standard InChI is InChI=1S/C22H31N/c1-8-22(5,9-2)20-12-10-18(14-16(20)3)19-11-13-21(23(6)7)17(4)15-19/h10-15H,8-9H2,1-7H3. The minimum absolute atomic E-state index is 0.285. The molecule has 0 saturated carbocycles. The van der Waals surface area contributed by atoms with Gasteiger partial charge in [0.1, 0.15) is 0 Å². The molecule has 0 spiro atoms. The van der Waals surface area contributed by atoms with Crippen molar-refractivity contribution >= 4 is 5.69 Å². The van der Waals surface area contributed by atoms with Crippen LogP contribution < -0.4 is 4.90 Å². The Balaban J connectivity index is 2.43. The van der Waals surface area contributed by atoms with Gasteiger partial charge in [-0.25, -0.2) is 0 Å². The van der Waals surface area contributed by atoms with E-state index in [1.54, 1.807) is 0 Å². The van der Waals surface area contributed by atoms with Crippen LogP contribution in [0.25, 0.3) is 11.1 Å². The zero-order valence-corrected chi connectivity index (χ0v) is 15.8. The summed E-state index contributed by atoms with van der Waals surface area (Å²) in [4.78, 5) is 2.17. The summed E-state index contributed by atoms with van der Waals surface area (Å²) in [6.45, 7) is 11.4. The summed E-state index contributed by atoms with van der Waals surface area (Å²) in [6.07, 6.45) is 2.36. The average Bonchev–Trinajstić information content (AvgIpc) is 2.53. The number of nitrogens with zero attached hydrogens (tertiary/aromatic N) is 1. The number of rotatable bonds is 5. The molecule has 0 aromatic heterocycles. The number of benzene rings is 2. The highest BCUT2D eigenvalue weighted by molar-refractivity contribution is 5.70. The van der Waals surface area contributed by atoms with Gasteiger partial charge in [-0.1, -0.05) is 45.0 Å². The molecule has 23 heavy (non-hydrogen) atoms. The molecule has 0 aliphatic rings. The Bertz CT molecular complexity index is 678. The summed E-state index contributed by atoms with van der Waals surface area (Å²) in [5.74, 6) is 0. The Kier molecular flexibility index (Phi) is 5.19. The normalized spacial score (nSPS) is 11.6. The van der Waals surface area contributed by atoms with Gasteiger partial charge in [-0.2, -0.15) is 0 Å². The molecular formula is C22H31N. The Morgan fingerprint density at radius 3 is 1.78 bits per heavy atom. The van der Waals surface area contributed by atoms with Gasteiger partial charge in [-0.15, -0.1) is 0 Å². The largest absolute Gasteiger partial charge is 0.377 e. The lowest BCUT2D eigenvalue weighted by molar-refractivity contribution is 0.436. The second-order valence-electron chi connectivity index (χ2n) is 7.19. The predicted octanol–water partition coefficient (Wildman–Crippen LogP) is 6.11. The number of hydrogen-bond acceptors (Lipinski definition) is 1. The maximum absolute atomic E-state index is 2.38. The Hall–Kier alpha value is -1.76. The summed E-state index contributed by atoms with van der Waals surface area (Å²) in [5.41, 5.74) is 8.41. The molecule has 0 aliphatic heterocycles. The second-order valence-corrected chi connectivity index (χ2v) is 7.19. The van der Waals surface area contributed by atoms with Crippen molar-refractivity contribution in [2.24, 2.45) is 0 Å². The van der Waals surface area contributed by atoms with Crippen LogP contribution in [0, 0.1) is 13.8 Å². The third-order valence-electron chi connectivity index (χ3n) is 5.45. The average molecular weight is 309 g/mol. The molecule has 0 heterocycles. The molecule has 2 rings (SSSR count). The van der Waals surface area contributed by atoms with E-state index in [9.17, 15) is 0 Å². The highest BCUT2D eigenvalue weighted by Crippen LogP contribution is 2.35. The minimum atomic E-state index is 0.285. The molecule has 124 valence electrons. The topological polar surface area (TPSA) is 3.24 Å². The van der Waals surface area contributed by atoms with Gasteiger partial charge < -0.3 is 4.90 Å². The number of aryl methyl sites for hydroxylation is 2. The molecule has 1 heteroatoms. The van der Waals surface area contributed by atoms with E-state index in [0.29, 0.717) is 0 Å². The van der Waals surface area contributed by atoms with Gasteiger partial charge >= 0.3 is 0 Å². The van der Waals surface area contributed by atoms with Crippen LogP contribution >= 0.6 is 0 Å². The third kappa shape index (κ3) is 3.44. The fourth-order valence-corrected chi connectivity index (χ4v) is 3.49. The molecule has 0 amide bonds. The van der Waals surface area contributed by atoms with E-state index in [4.69, 9.17) is 0 Å². The fourth-order valence-electron chi connectivity index (χ4n) is 3.49. The molecule has 0 saturated heterocycles. The van der Waals surface area contributed by atoms with E-state index >= 15 is 0 Å². The zero-order valence-electron chi connectivity index (χ0n) is 15.8. The Morgan fingerprint density at radius 1 is 0.826 bits per heavy atom. The smallest absolute Gasteiger partial charge is 0.0391 e. The molecule has 0 unspecified atom stereocenters.